The molecule has 0 aliphatic heterocycles. The van der Waals surface area contributed by atoms with Gasteiger partial charge in [0, 0.05) is 6.04 Å². The van der Waals surface area contributed by atoms with Crippen molar-refractivity contribution in [1.29, 1.82) is 0 Å². The molecule has 1 nitrogen and oxygen atoms in total. The number of rotatable bonds is 3. The summed E-state index contributed by atoms with van der Waals surface area (Å²) in [4.78, 5) is 2.45. The minimum Gasteiger partial charge on any atom is -0.306 e. The van der Waals surface area contributed by atoms with Gasteiger partial charge in [-0.15, -0.1) is 0 Å². The summed E-state index contributed by atoms with van der Waals surface area (Å²) in [5, 5.41) is 0. The van der Waals surface area contributed by atoms with Crippen LogP contribution in [0.4, 0.5) is 0 Å². The van der Waals surface area contributed by atoms with Gasteiger partial charge in [-0.3, -0.25) is 0 Å². The SMILES string of the molecule is CN(C)C1CCC(C2CCC(C3CCCCC3)CC2)CC1. The van der Waals surface area contributed by atoms with Crippen LogP contribution < -0.4 is 0 Å². The van der Waals surface area contributed by atoms with Crippen LogP contribution in [0.25, 0.3) is 0 Å². The quantitative estimate of drug-likeness (QED) is 0.664. The van der Waals surface area contributed by atoms with Crippen LogP contribution in [-0.2, 0) is 0 Å². The first-order valence-electron chi connectivity index (χ1n) is 9.90. The number of hydrogen-bond donors (Lipinski definition) is 0. The monoisotopic (exact) mass is 291 g/mol. The molecule has 3 fully saturated rings. The van der Waals surface area contributed by atoms with Crippen molar-refractivity contribution in [3.8, 4) is 0 Å². The molecule has 0 aromatic rings. The Kier molecular flexibility index (Phi) is 5.65. The molecule has 21 heavy (non-hydrogen) atoms. The predicted molar refractivity (Wildman–Crippen MR) is 91.5 cm³/mol. The van der Waals surface area contributed by atoms with Gasteiger partial charge in [-0.05, 0) is 89.1 Å². The van der Waals surface area contributed by atoms with Gasteiger partial charge >= 0.3 is 0 Å². The molecule has 3 aliphatic rings. The molecule has 0 unspecified atom stereocenters. The molecule has 0 atom stereocenters. The molecule has 0 amide bonds. The van der Waals surface area contributed by atoms with Crippen LogP contribution >= 0.6 is 0 Å². The molecule has 0 aromatic carbocycles. The van der Waals surface area contributed by atoms with E-state index in [1.54, 1.807) is 38.5 Å². The van der Waals surface area contributed by atoms with Gasteiger partial charge < -0.3 is 4.90 Å². The van der Waals surface area contributed by atoms with Crippen molar-refractivity contribution in [3.63, 3.8) is 0 Å². The van der Waals surface area contributed by atoms with Crippen molar-refractivity contribution in [1.82, 2.24) is 4.90 Å². The lowest BCUT2D eigenvalue weighted by Gasteiger charge is -2.41. The third-order valence-electron chi connectivity index (χ3n) is 7.27. The molecule has 122 valence electrons. The minimum atomic E-state index is 0.875. The van der Waals surface area contributed by atoms with Gasteiger partial charge in [-0.2, -0.15) is 0 Å². The second kappa shape index (κ2) is 7.49. The highest BCUT2D eigenvalue weighted by molar-refractivity contribution is 4.86. The van der Waals surface area contributed by atoms with E-state index in [0.29, 0.717) is 0 Å². The fraction of sp³-hybridized carbons (Fsp3) is 1.00. The van der Waals surface area contributed by atoms with Crippen molar-refractivity contribution >= 4 is 0 Å². The Labute approximate surface area is 132 Å². The lowest BCUT2D eigenvalue weighted by atomic mass is 9.66. The minimum absolute atomic E-state index is 0.875. The van der Waals surface area contributed by atoms with Gasteiger partial charge in [0.1, 0.15) is 0 Å². The Balaban J connectivity index is 1.41. The zero-order valence-corrected chi connectivity index (χ0v) is 14.5. The van der Waals surface area contributed by atoms with E-state index in [-0.39, 0.29) is 0 Å². The van der Waals surface area contributed by atoms with E-state index in [4.69, 9.17) is 0 Å². The van der Waals surface area contributed by atoms with Crippen LogP contribution in [-0.4, -0.2) is 25.0 Å². The highest BCUT2D eigenvalue weighted by Crippen LogP contribution is 2.44. The van der Waals surface area contributed by atoms with E-state index in [1.807, 2.05) is 0 Å². The van der Waals surface area contributed by atoms with Gasteiger partial charge in [-0.25, -0.2) is 0 Å². The first-order valence-corrected chi connectivity index (χ1v) is 9.90. The molecule has 3 rings (SSSR count). The van der Waals surface area contributed by atoms with Crippen molar-refractivity contribution < 1.29 is 0 Å². The van der Waals surface area contributed by atoms with E-state index >= 15 is 0 Å². The number of hydrogen-bond acceptors (Lipinski definition) is 1. The van der Waals surface area contributed by atoms with Crippen molar-refractivity contribution in [2.24, 2.45) is 23.7 Å². The van der Waals surface area contributed by atoms with Crippen molar-refractivity contribution in [2.45, 2.75) is 89.5 Å². The second-order valence-electron chi connectivity index (χ2n) is 8.61. The summed E-state index contributed by atoms with van der Waals surface area (Å²) in [7, 11) is 4.53. The molecule has 3 aliphatic carbocycles. The van der Waals surface area contributed by atoms with Crippen LogP contribution in [0.3, 0.4) is 0 Å². The Morgan fingerprint density at radius 3 is 1.29 bits per heavy atom. The summed E-state index contributed by atoms with van der Waals surface area (Å²) in [5.74, 6) is 4.39. The van der Waals surface area contributed by atoms with Crippen LogP contribution in [0.1, 0.15) is 83.5 Å². The van der Waals surface area contributed by atoms with Gasteiger partial charge in [-0.1, -0.05) is 32.1 Å². The van der Waals surface area contributed by atoms with E-state index in [0.717, 1.165) is 29.7 Å². The average molecular weight is 292 g/mol. The topological polar surface area (TPSA) is 3.24 Å². The number of nitrogens with zero attached hydrogens (tertiary/aromatic N) is 1. The fourth-order valence-corrected chi connectivity index (χ4v) is 5.78. The van der Waals surface area contributed by atoms with Crippen molar-refractivity contribution in [3.05, 3.63) is 0 Å². The summed E-state index contributed by atoms with van der Waals surface area (Å²) in [6.07, 6.45) is 19.9. The third-order valence-corrected chi connectivity index (χ3v) is 7.27. The summed E-state index contributed by atoms with van der Waals surface area (Å²) in [6.45, 7) is 0. The van der Waals surface area contributed by atoms with E-state index in [2.05, 4.69) is 19.0 Å². The van der Waals surface area contributed by atoms with Crippen LogP contribution in [0.5, 0.6) is 0 Å². The second-order valence-corrected chi connectivity index (χ2v) is 8.61. The Hall–Kier alpha value is -0.0400. The van der Waals surface area contributed by atoms with Crippen LogP contribution in [0.15, 0.2) is 0 Å². The third kappa shape index (κ3) is 4.03. The molecule has 0 saturated heterocycles. The van der Waals surface area contributed by atoms with Crippen molar-refractivity contribution in [2.75, 3.05) is 14.1 Å². The molecule has 0 N–H and O–H groups in total. The zero-order chi connectivity index (χ0) is 14.7. The maximum atomic E-state index is 2.45. The van der Waals surface area contributed by atoms with E-state index < -0.39 is 0 Å². The highest BCUT2D eigenvalue weighted by atomic mass is 15.1. The Morgan fingerprint density at radius 2 is 0.857 bits per heavy atom. The van der Waals surface area contributed by atoms with E-state index in [1.165, 1.54) is 44.9 Å². The molecular weight excluding hydrogens is 254 g/mol. The highest BCUT2D eigenvalue weighted by Gasteiger charge is 2.33. The smallest absolute Gasteiger partial charge is 0.00893 e. The predicted octanol–water partition coefficient (Wildman–Crippen LogP) is 5.49. The molecule has 0 radical (unpaired) electrons. The van der Waals surface area contributed by atoms with Gasteiger partial charge in [0.15, 0.2) is 0 Å². The van der Waals surface area contributed by atoms with Gasteiger partial charge in [0.05, 0.1) is 0 Å². The molecule has 0 aromatic heterocycles. The average Bonchev–Trinajstić information content (AvgIpc) is 2.56. The standard InChI is InChI=1S/C20H37N/c1-21(2)20-14-12-19(13-15-20)18-10-8-17(9-11-18)16-6-4-3-5-7-16/h16-20H,3-15H2,1-2H3. The summed E-state index contributed by atoms with van der Waals surface area (Å²) < 4.78 is 0. The summed E-state index contributed by atoms with van der Waals surface area (Å²) in [6, 6.07) is 0.875. The van der Waals surface area contributed by atoms with Crippen LogP contribution in [0, 0.1) is 23.7 Å². The zero-order valence-electron chi connectivity index (χ0n) is 14.5. The Morgan fingerprint density at radius 1 is 0.476 bits per heavy atom. The fourth-order valence-electron chi connectivity index (χ4n) is 5.78. The lowest BCUT2D eigenvalue weighted by Crippen LogP contribution is -2.35. The largest absolute Gasteiger partial charge is 0.306 e. The summed E-state index contributed by atoms with van der Waals surface area (Å²) in [5.41, 5.74) is 0. The van der Waals surface area contributed by atoms with Gasteiger partial charge in [0.2, 0.25) is 0 Å². The molecule has 0 bridgehead atoms. The molecule has 3 saturated carbocycles. The first kappa shape index (κ1) is 15.8. The first-order chi connectivity index (χ1) is 10.2. The van der Waals surface area contributed by atoms with Crippen LogP contribution in [0.2, 0.25) is 0 Å². The Bertz CT molecular complexity index is 289. The molecular formula is C20H37N. The van der Waals surface area contributed by atoms with E-state index in [9.17, 15) is 0 Å². The maximum Gasteiger partial charge on any atom is 0.00893 e. The van der Waals surface area contributed by atoms with Gasteiger partial charge in [0.25, 0.3) is 0 Å². The molecule has 0 spiro atoms. The normalized spacial score (nSPS) is 39.6. The lowest BCUT2D eigenvalue weighted by molar-refractivity contribution is 0.102. The molecule has 1 heteroatoms. The summed E-state index contributed by atoms with van der Waals surface area (Å²) >= 11 is 0. The maximum absolute atomic E-state index is 2.45. The molecule has 0 heterocycles.